The maximum atomic E-state index is 12.4. The highest BCUT2D eigenvalue weighted by atomic mass is 35.5. The van der Waals surface area contributed by atoms with E-state index in [0.29, 0.717) is 15.8 Å². The molecule has 2 heterocycles. The Bertz CT molecular complexity index is 733. The van der Waals surface area contributed by atoms with Gasteiger partial charge in [-0.05, 0) is 62.5 Å². The summed E-state index contributed by atoms with van der Waals surface area (Å²) in [6.45, 7) is 4.11. The van der Waals surface area contributed by atoms with Crippen LogP contribution in [0.2, 0.25) is 10.0 Å². The van der Waals surface area contributed by atoms with Crippen LogP contribution in [-0.4, -0.2) is 36.5 Å². The van der Waals surface area contributed by atoms with Gasteiger partial charge in [-0.2, -0.15) is 0 Å². The van der Waals surface area contributed by atoms with Gasteiger partial charge in [0, 0.05) is 15.9 Å². The highest BCUT2D eigenvalue weighted by Gasteiger charge is 2.30. The predicted octanol–water partition coefficient (Wildman–Crippen LogP) is 4.78. The predicted molar refractivity (Wildman–Crippen MR) is 107 cm³/mol. The second-order valence-electron chi connectivity index (χ2n) is 6.42. The molecule has 0 radical (unpaired) electrons. The second kappa shape index (κ2) is 9.09. The minimum Gasteiger partial charge on any atom is -0.482 e. The first-order valence-corrected chi connectivity index (χ1v) is 10.3. The number of amides is 1. The fourth-order valence-corrected chi connectivity index (χ4v) is 4.76. The maximum absolute atomic E-state index is 12.4. The highest BCUT2D eigenvalue weighted by Crippen LogP contribution is 2.31. The molecule has 2 aromatic rings. The number of ether oxygens (including phenoxy) is 1. The molecule has 1 aromatic heterocycles. The van der Waals surface area contributed by atoms with E-state index >= 15 is 0 Å². The first-order chi connectivity index (χ1) is 12.5. The van der Waals surface area contributed by atoms with Crippen molar-refractivity contribution >= 4 is 40.4 Å². The molecule has 2 atom stereocenters. The van der Waals surface area contributed by atoms with E-state index in [2.05, 4.69) is 34.7 Å². The third-order valence-electron chi connectivity index (χ3n) is 4.48. The molecule has 1 N–H and O–H groups in total. The number of benzene rings is 1. The number of nitrogens with one attached hydrogen (secondary N) is 1. The highest BCUT2D eigenvalue weighted by molar-refractivity contribution is 7.10. The monoisotopic (exact) mass is 412 g/mol. The van der Waals surface area contributed by atoms with Crippen molar-refractivity contribution < 1.29 is 9.53 Å². The summed E-state index contributed by atoms with van der Waals surface area (Å²) in [6.07, 6.45) is 2.42. The Balaban J connectivity index is 1.59. The molecule has 0 aliphatic carbocycles. The third kappa shape index (κ3) is 4.92. The average molecular weight is 413 g/mol. The number of thiophene rings is 1. The van der Waals surface area contributed by atoms with Gasteiger partial charge in [0.25, 0.3) is 5.91 Å². The van der Waals surface area contributed by atoms with Crippen LogP contribution in [-0.2, 0) is 4.79 Å². The first kappa shape index (κ1) is 19.5. The number of nitrogens with zero attached hydrogens (tertiary/aromatic N) is 1. The van der Waals surface area contributed by atoms with Crippen molar-refractivity contribution in [2.24, 2.45) is 0 Å². The topological polar surface area (TPSA) is 41.6 Å². The van der Waals surface area contributed by atoms with Gasteiger partial charge in [0.2, 0.25) is 0 Å². The molecule has 7 heteroatoms. The normalized spacial score (nSPS) is 17.0. The molecule has 2 unspecified atom stereocenters. The third-order valence-corrected chi connectivity index (χ3v) is 5.96. The molecule has 1 fully saturated rings. The zero-order valence-corrected chi connectivity index (χ0v) is 16.9. The number of hydrogen-bond donors (Lipinski definition) is 1. The number of likely N-dealkylation sites (tertiary alicyclic amines) is 1. The van der Waals surface area contributed by atoms with Crippen LogP contribution in [0.25, 0.3) is 0 Å². The van der Waals surface area contributed by atoms with Gasteiger partial charge in [-0.1, -0.05) is 29.3 Å². The molecule has 0 saturated carbocycles. The molecule has 1 saturated heterocycles. The largest absolute Gasteiger partial charge is 0.482 e. The lowest BCUT2D eigenvalue weighted by atomic mass is 10.1. The van der Waals surface area contributed by atoms with Crippen molar-refractivity contribution in [2.45, 2.75) is 31.8 Å². The number of hydrogen-bond acceptors (Lipinski definition) is 4. The molecule has 4 nitrogen and oxygen atoms in total. The molecule has 0 spiro atoms. The van der Waals surface area contributed by atoms with Crippen LogP contribution in [0.4, 0.5) is 0 Å². The number of carbonyl (C=O) groups excluding carboxylic acids is 1. The molecule has 26 heavy (non-hydrogen) atoms. The van der Waals surface area contributed by atoms with Crippen LogP contribution in [0, 0.1) is 0 Å². The summed E-state index contributed by atoms with van der Waals surface area (Å²) >= 11 is 13.7. The van der Waals surface area contributed by atoms with Gasteiger partial charge in [0.1, 0.15) is 5.75 Å². The molecule has 140 valence electrons. The lowest BCUT2D eigenvalue weighted by Gasteiger charge is -2.32. The van der Waals surface area contributed by atoms with Crippen molar-refractivity contribution in [2.75, 3.05) is 19.7 Å². The Labute approximate surface area is 168 Å². The van der Waals surface area contributed by atoms with Crippen LogP contribution in [0.5, 0.6) is 5.75 Å². The van der Waals surface area contributed by atoms with Gasteiger partial charge in [0.15, 0.2) is 6.61 Å². The minimum atomic E-state index is -0.163. The van der Waals surface area contributed by atoms with Crippen LogP contribution in [0.15, 0.2) is 35.7 Å². The van der Waals surface area contributed by atoms with Crippen LogP contribution in [0.3, 0.4) is 0 Å². The lowest BCUT2D eigenvalue weighted by Crippen LogP contribution is -2.45. The van der Waals surface area contributed by atoms with E-state index in [0.717, 1.165) is 13.1 Å². The van der Waals surface area contributed by atoms with Crippen molar-refractivity contribution in [3.63, 3.8) is 0 Å². The van der Waals surface area contributed by atoms with Crippen molar-refractivity contribution in [1.82, 2.24) is 10.2 Å². The summed E-state index contributed by atoms with van der Waals surface area (Å²) < 4.78 is 5.54. The van der Waals surface area contributed by atoms with E-state index in [1.54, 1.807) is 29.5 Å². The number of rotatable bonds is 7. The summed E-state index contributed by atoms with van der Waals surface area (Å²) in [7, 11) is 0. The van der Waals surface area contributed by atoms with E-state index in [-0.39, 0.29) is 24.6 Å². The Morgan fingerprint density at radius 2 is 2.08 bits per heavy atom. The smallest absolute Gasteiger partial charge is 0.258 e. The van der Waals surface area contributed by atoms with E-state index < -0.39 is 0 Å². The summed E-state index contributed by atoms with van der Waals surface area (Å²) in [5.41, 5.74) is 0. The van der Waals surface area contributed by atoms with Crippen LogP contribution < -0.4 is 10.1 Å². The molecule has 1 aliphatic rings. The van der Waals surface area contributed by atoms with Crippen molar-refractivity contribution in [3.05, 3.63) is 50.6 Å². The first-order valence-electron chi connectivity index (χ1n) is 8.69. The molecular weight excluding hydrogens is 391 g/mol. The number of carbonyl (C=O) groups is 1. The second-order valence-corrected chi connectivity index (χ2v) is 8.25. The van der Waals surface area contributed by atoms with Crippen molar-refractivity contribution in [1.29, 1.82) is 0 Å². The van der Waals surface area contributed by atoms with Crippen LogP contribution >= 0.6 is 34.5 Å². The van der Waals surface area contributed by atoms with Gasteiger partial charge >= 0.3 is 0 Å². The van der Waals surface area contributed by atoms with Gasteiger partial charge in [0.05, 0.1) is 11.1 Å². The maximum Gasteiger partial charge on any atom is 0.258 e. The van der Waals surface area contributed by atoms with Gasteiger partial charge in [-0.25, -0.2) is 0 Å². The molecule has 1 aromatic carbocycles. The average Bonchev–Trinajstić information content (AvgIpc) is 3.28. The molecule has 1 aliphatic heterocycles. The summed E-state index contributed by atoms with van der Waals surface area (Å²) in [4.78, 5) is 16.1. The van der Waals surface area contributed by atoms with Crippen molar-refractivity contribution in [3.8, 4) is 5.75 Å². The molecule has 0 bridgehead atoms. The fraction of sp³-hybridized carbons (Fsp3) is 0.421. The Morgan fingerprint density at radius 3 is 2.73 bits per heavy atom. The van der Waals surface area contributed by atoms with E-state index in [1.807, 2.05) is 0 Å². The molecular formula is C19H22Cl2N2O2S. The van der Waals surface area contributed by atoms with Gasteiger partial charge in [-0.15, -0.1) is 11.3 Å². The molecule has 1 amide bonds. The molecule has 3 rings (SSSR count). The quantitative estimate of drug-likeness (QED) is 0.711. The number of halogens is 2. The Hall–Kier alpha value is -1.27. The lowest BCUT2D eigenvalue weighted by molar-refractivity contribution is -0.124. The van der Waals surface area contributed by atoms with Gasteiger partial charge < -0.3 is 10.1 Å². The Kier molecular flexibility index (Phi) is 6.81. The SMILES string of the molecule is CC(NC(=O)COc1ccc(Cl)cc1Cl)C(c1cccs1)N1CCCC1. The van der Waals surface area contributed by atoms with E-state index in [1.165, 1.54) is 17.7 Å². The zero-order chi connectivity index (χ0) is 18.5. The van der Waals surface area contributed by atoms with Crippen LogP contribution in [0.1, 0.15) is 30.7 Å². The summed E-state index contributed by atoms with van der Waals surface area (Å²) in [5, 5.41) is 6.09. The fourth-order valence-electron chi connectivity index (χ4n) is 3.33. The standard InChI is InChI=1S/C19H22Cl2N2O2S/c1-13(19(17-5-4-10-26-17)23-8-2-3-9-23)22-18(24)12-25-16-7-6-14(20)11-15(16)21/h4-7,10-11,13,19H,2-3,8-9,12H2,1H3,(H,22,24). The summed E-state index contributed by atoms with van der Waals surface area (Å²) in [6, 6.07) is 9.33. The zero-order valence-electron chi connectivity index (χ0n) is 14.6. The summed E-state index contributed by atoms with van der Waals surface area (Å²) in [5.74, 6) is 0.289. The van der Waals surface area contributed by atoms with Gasteiger partial charge in [-0.3, -0.25) is 9.69 Å². The Morgan fingerprint density at radius 1 is 1.31 bits per heavy atom. The van der Waals surface area contributed by atoms with E-state index in [9.17, 15) is 4.79 Å². The minimum absolute atomic E-state index is 0.0106. The van der Waals surface area contributed by atoms with E-state index in [4.69, 9.17) is 27.9 Å².